The van der Waals surface area contributed by atoms with Gasteiger partial charge in [0.2, 0.25) is 0 Å². The minimum Gasteiger partial charge on any atom is -0.495 e. The maximum Gasteiger partial charge on any atom is 0.326 e. The maximum atomic E-state index is 13.2. The second-order valence-corrected chi connectivity index (χ2v) is 11.4. The SMILES string of the molecule is COc1ccccc1NC(=O)c1sc2ncn(CC(=O)OC3CCC(C(C)(C)C)CC3)c(=O)c2c1C. The van der Waals surface area contributed by atoms with Crippen LogP contribution in [0.5, 0.6) is 5.75 Å². The van der Waals surface area contributed by atoms with Crippen LogP contribution < -0.4 is 15.6 Å². The molecule has 8 nitrogen and oxygen atoms in total. The van der Waals surface area contributed by atoms with Crippen LogP contribution in [0.25, 0.3) is 10.2 Å². The summed E-state index contributed by atoms with van der Waals surface area (Å²) in [6, 6.07) is 7.10. The van der Waals surface area contributed by atoms with Crippen molar-refractivity contribution >= 4 is 39.1 Å². The molecule has 3 aromatic rings. The molecule has 0 atom stereocenters. The molecule has 0 aliphatic heterocycles. The Hall–Kier alpha value is -3.20. The van der Waals surface area contributed by atoms with Crippen molar-refractivity contribution in [2.45, 2.75) is 66.0 Å². The van der Waals surface area contributed by atoms with E-state index in [0.29, 0.717) is 38.0 Å². The highest BCUT2D eigenvalue weighted by Gasteiger charge is 2.31. The Kier molecular flexibility index (Phi) is 7.49. The zero-order valence-corrected chi connectivity index (χ0v) is 22.2. The molecule has 1 aliphatic rings. The minimum absolute atomic E-state index is 0.114. The number of rotatable bonds is 6. The Morgan fingerprint density at radius 3 is 2.53 bits per heavy atom. The number of carbonyl (C=O) groups is 2. The number of fused-ring (bicyclic) bond motifs is 1. The van der Waals surface area contributed by atoms with E-state index in [1.54, 1.807) is 25.1 Å². The molecule has 36 heavy (non-hydrogen) atoms. The van der Waals surface area contributed by atoms with Crippen LogP contribution in [0, 0.1) is 18.3 Å². The van der Waals surface area contributed by atoms with Gasteiger partial charge in [-0.1, -0.05) is 32.9 Å². The summed E-state index contributed by atoms with van der Waals surface area (Å²) in [7, 11) is 1.53. The number of hydrogen-bond acceptors (Lipinski definition) is 7. The normalized spacial score (nSPS) is 18.1. The second kappa shape index (κ2) is 10.4. The monoisotopic (exact) mass is 511 g/mol. The fourth-order valence-corrected chi connectivity index (χ4v) is 5.86. The molecule has 1 amide bonds. The fraction of sp³-hybridized carbons (Fsp3) is 0.481. The van der Waals surface area contributed by atoms with Crippen molar-refractivity contribution in [1.82, 2.24) is 9.55 Å². The van der Waals surface area contributed by atoms with Crippen LogP contribution in [0.4, 0.5) is 5.69 Å². The molecule has 1 N–H and O–H groups in total. The predicted molar refractivity (Wildman–Crippen MR) is 141 cm³/mol. The van der Waals surface area contributed by atoms with Gasteiger partial charge in [0.15, 0.2) is 0 Å². The number of thiophene rings is 1. The van der Waals surface area contributed by atoms with Crippen molar-refractivity contribution in [3.8, 4) is 5.75 Å². The molecule has 9 heteroatoms. The number of nitrogens with zero attached hydrogens (tertiary/aromatic N) is 2. The van der Waals surface area contributed by atoms with E-state index in [1.165, 1.54) is 18.0 Å². The summed E-state index contributed by atoms with van der Waals surface area (Å²) in [6.45, 7) is 8.26. The highest BCUT2D eigenvalue weighted by molar-refractivity contribution is 7.20. The van der Waals surface area contributed by atoms with Gasteiger partial charge in [-0.3, -0.25) is 19.0 Å². The third-order valence-corrected chi connectivity index (χ3v) is 8.17. The summed E-state index contributed by atoms with van der Waals surface area (Å²) in [4.78, 5) is 44.0. The zero-order valence-electron chi connectivity index (χ0n) is 21.4. The minimum atomic E-state index is -0.445. The average molecular weight is 512 g/mol. The summed E-state index contributed by atoms with van der Waals surface area (Å²) in [5.41, 5.74) is 0.957. The van der Waals surface area contributed by atoms with Crippen molar-refractivity contribution < 1.29 is 19.1 Å². The number of ether oxygens (including phenoxy) is 2. The molecular weight excluding hydrogens is 478 g/mol. The summed E-state index contributed by atoms with van der Waals surface area (Å²) in [5.74, 6) is 0.365. The first kappa shape index (κ1) is 25.9. The third kappa shape index (κ3) is 5.46. The first-order valence-electron chi connectivity index (χ1n) is 12.2. The van der Waals surface area contributed by atoms with Gasteiger partial charge in [-0.25, -0.2) is 4.98 Å². The summed E-state index contributed by atoms with van der Waals surface area (Å²) in [5, 5.41) is 3.18. The van der Waals surface area contributed by atoms with E-state index in [2.05, 4.69) is 31.1 Å². The van der Waals surface area contributed by atoms with Crippen molar-refractivity contribution in [2.75, 3.05) is 12.4 Å². The molecule has 4 rings (SSSR count). The first-order valence-corrected chi connectivity index (χ1v) is 13.0. The highest BCUT2D eigenvalue weighted by atomic mass is 32.1. The Morgan fingerprint density at radius 2 is 1.86 bits per heavy atom. The van der Waals surface area contributed by atoms with Gasteiger partial charge >= 0.3 is 5.97 Å². The van der Waals surface area contributed by atoms with Crippen molar-refractivity contribution in [3.05, 3.63) is 51.4 Å². The van der Waals surface area contributed by atoms with E-state index in [-0.39, 0.29) is 29.5 Å². The number of carbonyl (C=O) groups excluding carboxylic acids is 2. The van der Waals surface area contributed by atoms with Gasteiger partial charge < -0.3 is 14.8 Å². The Morgan fingerprint density at radius 1 is 1.17 bits per heavy atom. The lowest BCUT2D eigenvalue weighted by Crippen LogP contribution is -2.32. The highest BCUT2D eigenvalue weighted by Crippen LogP contribution is 2.38. The second-order valence-electron chi connectivity index (χ2n) is 10.4. The molecule has 2 aromatic heterocycles. The largest absolute Gasteiger partial charge is 0.495 e. The molecule has 0 saturated heterocycles. The number of para-hydroxylation sites is 2. The smallest absolute Gasteiger partial charge is 0.326 e. The average Bonchev–Trinajstić information content (AvgIpc) is 3.18. The lowest BCUT2D eigenvalue weighted by Gasteiger charge is -2.36. The van der Waals surface area contributed by atoms with Gasteiger partial charge in [0.05, 0.1) is 29.4 Å². The van der Waals surface area contributed by atoms with Crippen LogP contribution in [0.3, 0.4) is 0 Å². The zero-order chi connectivity index (χ0) is 26.0. The number of nitrogens with one attached hydrogen (secondary N) is 1. The van der Waals surface area contributed by atoms with E-state index in [4.69, 9.17) is 9.47 Å². The van der Waals surface area contributed by atoms with Gasteiger partial charge in [-0.2, -0.15) is 0 Å². The first-order chi connectivity index (χ1) is 17.1. The summed E-state index contributed by atoms with van der Waals surface area (Å²) in [6.07, 6.45) is 4.98. The number of aromatic nitrogens is 2. The molecular formula is C27H33N3O5S. The third-order valence-electron chi connectivity index (χ3n) is 6.98. The molecule has 0 bridgehead atoms. The molecule has 1 fully saturated rings. The van der Waals surface area contributed by atoms with E-state index >= 15 is 0 Å². The van der Waals surface area contributed by atoms with E-state index < -0.39 is 5.97 Å². The van der Waals surface area contributed by atoms with Crippen LogP contribution >= 0.6 is 11.3 Å². The number of anilines is 1. The summed E-state index contributed by atoms with van der Waals surface area (Å²) < 4.78 is 12.2. The molecule has 1 aromatic carbocycles. The van der Waals surface area contributed by atoms with Crippen LogP contribution in [0.1, 0.15) is 61.7 Å². The van der Waals surface area contributed by atoms with Gasteiger partial charge in [0, 0.05) is 0 Å². The number of benzene rings is 1. The van der Waals surface area contributed by atoms with E-state index in [0.717, 1.165) is 37.0 Å². The Balaban J connectivity index is 1.47. The number of methoxy groups -OCH3 is 1. The molecule has 0 unspecified atom stereocenters. The number of hydrogen-bond donors (Lipinski definition) is 1. The number of amides is 1. The van der Waals surface area contributed by atoms with Gasteiger partial charge in [-0.15, -0.1) is 11.3 Å². The predicted octanol–water partition coefficient (Wildman–Crippen LogP) is 5.18. The van der Waals surface area contributed by atoms with Crippen LogP contribution in [-0.2, 0) is 16.1 Å². The Labute approximate surface area is 214 Å². The number of esters is 1. The van der Waals surface area contributed by atoms with Crippen LogP contribution in [-0.4, -0.2) is 34.6 Å². The van der Waals surface area contributed by atoms with Gasteiger partial charge in [-0.05, 0) is 61.6 Å². The molecule has 0 spiro atoms. The lowest BCUT2D eigenvalue weighted by atomic mass is 9.72. The quantitative estimate of drug-likeness (QED) is 0.458. The molecule has 1 aliphatic carbocycles. The maximum absolute atomic E-state index is 13.2. The molecule has 0 radical (unpaired) electrons. The molecule has 192 valence electrons. The fourth-order valence-electron chi connectivity index (χ4n) is 4.82. The van der Waals surface area contributed by atoms with Gasteiger partial charge in [0.1, 0.15) is 23.2 Å². The summed E-state index contributed by atoms with van der Waals surface area (Å²) >= 11 is 1.14. The molecule has 1 saturated carbocycles. The topological polar surface area (TPSA) is 99.5 Å². The lowest BCUT2D eigenvalue weighted by molar-refractivity contribution is -0.152. The van der Waals surface area contributed by atoms with Crippen LogP contribution in [0.2, 0.25) is 0 Å². The molecule has 2 heterocycles. The van der Waals surface area contributed by atoms with Crippen LogP contribution in [0.15, 0.2) is 35.4 Å². The van der Waals surface area contributed by atoms with Crippen molar-refractivity contribution in [1.29, 1.82) is 0 Å². The van der Waals surface area contributed by atoms with Crippen molar-refractivity contribution in [3.63, 3.8) is 0 Å². The van der Waals surface area contributed by atoms with E-state index in [9.17, 15) is 14.4 Å². The van der Waals surface area contributed by atoms with Gasteiger partial charge in [0.25, 0.3) is 11.5 Å². The van der Waals surface area contributed by atoms with Crippen molar-refractivity contribution in [2.24, 2.45) is 11.3 Å². The van der Waals surface area contributed by atoms with E-state index in [1.807, 2.05) is 6.07 Å². The Bertz CT molecular complexity index is 1330. The standard InChI is InChI=1S/C27H33N3O5S/c1-16-22-25(36-23(16)24(32)29-19-8-6-7-9-20(19)34-5)28-15-30(26(22)33)14-21(31)35-18-12-10-17(11-13-18)27(2,3)4/h6-9,15,17-18H,10-14H2,1-5H3,(H,29,32). The number of aryl methyl sites for hydroxylation is 1.